The zero-order valence-electron chi connectivity index (χ0n) is 16.0. The molecule has 9 heteroatoms. The Kier molecular flexibility index (Phi) is 6.25. The second-order valence-corrected chi connectivity index (χ2v) is 7.83. The van der Waals surface area contributed by atoms with E-state index in [1.807, 2.05) is 31.4 Å². The lowest BCUT2D eigenvalue weighted by Crippen LogP contribution is -2.45. The van der Waals surface area contributed by atoms with Crippen LogP contribution in [0.5, 0.6) is 0 Å². The van der Waals surface area contributed by atoms with Crippen LogP contribution >= 0.6 is 11.3 Å². The number of oxazole rings is 1. The fourth-order valence-electron chi connectivity index (χ4n) is 2.74. The summed E-state index contributed by atoms with van der Waals surface area (Å²) in [7, 11) is 0. The number of carbonyl (C=O) groups excluding carboxylic acids is 2. The third-order valence-electron chi connectivity index (χ3n) is 4.07. The summed E-state index contributed by atoms with van der Waals surface area (Å²) in [4.78, 5) is 30.5. The van der Waals surface area contributed by atoms with Gasteiger partial charge in [0.05, 0.1) is 23.2 Å². The molecular weight excluding hydrogens is 378 g/mol. The molecule has 0 aliphatic rings. The Labute approximate surface area is 166 Å². The predicted molar refractivity (Wildman–Crippen MR) is 107 cm³/mol. The molecule has 2 amide bonds. The number of rotatable bonds is 8. The quantitative estimate of drug-likeness (QED) is 0.537. The molecule has 0 saturated heterocycles. The Morgan fingerprint density at radius 2 is 2.14 bits per heavy atom. The first kappa shape index (κ1) is 19.8. The second kappa shape index (κ2) is 8.83. The van der Waals surface area contributed by atoms with Gasteiger partial charge < -0.3 is 15.1 Å². The molecule has 3 N–H and O–H groups in total. The molecule has 3 aromatic heterocycles. The van der Waals surface area contributed by atoms with Crippen molar-refractivity contribution in [2.75, 3.05) is 5.32 Å². The largest absolute Gasteiger partial charge is 0.440 e. The van der Waals surface area contributed by atoms with E-state index in [9.17, 15) is 9.59 Å². The maximum absolute atomic E-state index is 12.6. The van der Waals surface area contributed by atoms with Crippen LogP contribution in [-0.2, 0) is 16.0 Å². The van der Waals surface area contributed by atoms with Gasteiger partial charge in [0.15, 0.2) is 0 Å². The van der Waals surface area contributed by atoms with Crippen molar-refractivity contribution in [2.45, 2.75) is 39.7 Å². The molecule has 1 atom stereocenters. The highest BCUT2D eigenvalue weighted by atomic mass is 32.1. The van der Waals surface area contributed by atoms with E-state index < -0.39 is 6.04 Å². The number of aryl methyl sites for hydroxylation is 1. The fraction of sp³-hybridized carbons (Fsp3) is 0.368. The first-order valence-corrected chi connectivity index (χ1v) is 9.90. The molecule has 28 heavy (non-hydrogen) atoms. The maximum Gasteiger partial charge on any atom is 0.248 e. The molecule has 0 fully saturated rings. The van der Waals surface area contributed by atoms with E-state index in [-0.39, 0.29) is 24.2 Å². The van der Waals surface area contributed by atoms with Crippen molar-refractivity contribution in [3.63, 3.8) is 0 Å². The Morgan fingerprint density at radius 1 is 1.32 bits per heavy atom. The minimum atomic E-state index is -0.653. The van der Waals surface area contributed by atoms with Crippen molar-refractivity contribution in [1.29, 1.82) is 0 Å². The number of aromatic nitrogens is 3. The van der Waals surface area contributed by atoms with Crippen molar-refractivity contribution < 1.29 is 14.0 Å². The summed E-state index contributed by atoms with van der Waals surface area (Å²) in [5.74, 6) is 1.26. The number of H-pyrrole nitrogens is 1. The van der Waals surface area contributed by atoms with Crippen molar-refractivity contribution in [2.24, 2.45) is 5.92 Å². The average Bonchev–Trinajstić information content (AvgIpc) is 3.37. The summed E-state index contributed by atoms with van der Waals surface area (Å²) in [6.07, 6.45) is 2.11. The number of amides is 2. The number of anilines is 1. The lowest BCUT2D eigenvalue weighted by atomic mass is 10.0. The molecule has 148 valence electrons. The molecule has 0 aliphatic carbocycles. The molecule has 0 saturated carbocycles. The van der Waals surface area contributed by atoms with Gasteiger partial charge in [-0.05, 0) is 30.7 Å². The van der Waals surface area contributed by atoms with Gasteiger partial charge >= 0.3 is 0 Å². The summed E-state index contributed by atoms with van der Waals surface area (Å²) >= 11 is 1.52. The maximum atomic E-state index is 12.6. The van der Waals surface area contributed by atoms with Crippen molar-refractivity contribution in [3.05, 3.63) is 41.2 Å². The summed E-state index contributed by atoms with van der Waals surface area (Å²) in [6.45, 7) is 5.78. The smallest absolute Gasteiger partial charge is 0.248 e. The fourth-order valence-corrected chi connectivity index (χ4v) is 3.39. The predicted octanol–water partition coefficient (Wildman–Crippen LogP) is 3.15. The van der Waals surface area contributed by atoms with E-state index >= 15 is 0 Å². The Bertz CT molecular complexity index is 916. The van der Waals surface area contributed by atoms with Crippen LogP contribution in [0.15, 0.2) is 34.2 Å². The van der Waals surface area contributed by atoms with Gasteiger partial charge in [-0.25, -0.2) is 4.98 Å². The molecule has 3 aromatic rings. The van der Waals surface area contributed by atoms with Crippen LogP contribution in [0, 0.1) is 12.8 Å². The van der Waals surface area contributed by atoms with Crippen LogP contribution in [0.2, 0.25) is 0 Å². The van der Waals surface area contributed by atoms with E-state index in [1.165, 1.54) is 11.3 Å². The van der Waals surface area contributed by atoms with E-state index in [0.717, 1.165) is 4.88 Å². The van der Waals surface area contributed by atoms with Crippen molar-refractivity contribution in [3.8, 4) is 10.8 Å². The Balaban J connectivity index is 1.65. The van der Waals surface area contributed by atoms with Crippen LogP contribution in [0.25, 0.3) is 10.8 Å². The molecule has 0 aliphatic heterocycles. The number of hydrogen-bond donors (Lipinski definition) is 3. The number of hydrogen-bond acceptors (Lipinski definition) is 6. The highest BCUT2D eigenvalue weighted by molar-refractivity contribution is 7.13. The van der Waals surface area contributed by atoms with Gasteiger partial charge in [0.2, 0.25) is 17.7 Å². The lowest BCUT2D eigenvalue weighted by molar-refractivity contribution is -0.126. The minimum Gasteiger partial charge on any atom is -0.440 e. The number of carbonyl (C=O) groups is 2. The molecule has 0 spiro atoms. The third-order valence-corrected chi connectivity index (χ3v) is 4.93. The third kappa shape index (κ3) is 5.07. The van der Waals surface area contributed by atoms with Crippen LogP contribution in [0.4, 0.5) is 5.82 Å². The summed E-state index contributed by atoms with van der Waals surface area (Å²) in [5.41, 5.74) is 0.568. The highest BCUT2D eigenvalue weighted by Gasteiger charge is 2.24. The van der Waals surface area contributed by atoms with Gasteiger partial charge in [-0.2, -0.15) is 5.10 Å². The summed E-state index contributed by atoms with van der Waals surface area (Å²) < 4.78 is 5.68. The number of thiophene rings is 1. The van der Waals surface area contributed by atoms with Crippen LogP contribution < -0.4 is 10.6 Å². The van der Waals surface area contributed by atoms with Gasteiger partial charge in [0.1, 0.15) is 17.6 Å². The van der Waals surface area contributed by atoms with Gasteiger partial charge in [-0.1, -0.05) is 19.9 Å². The standard InChI is InChI=1S/C19H23N5O3S/c1-11(2)9-14(18(26)23-16-6-7-20-24-16)21-17(25)10-13-12(3)27-19(22-13)15-5-4-8-28-15/h4-8,11,14H,9-10H2,1-3H3,(H,21,25)(H2,20,23,24,26). The topological polar surface area (TPSA) is 113 Å². The van der Waals surface area contributed by atoms with Crippen LogP contribution in [0.3, 0.4) is 0 Å². The molecule has 1 unspecified atom stereocenters. The second-order valence-electron chi connectivity index (χ2n) is 6.89. The molecule has 0 aromatic carbocycles. The van der Waals surface area contributed by atoms with Crippen molar-refractivity contribution in [1.82, 2.24) is 20.5 Å². The van der Waals surface area contributed by atoms with Crippen molar-refractivity contribution >= 4 is 29.0 Å². The first-order chi connectivity index (χ1) is 13.4. The zero-order valence-corrected chi connectivity index (χ0v) is 16.8. The number of nitrogens with one attached hydrogen (secondary N) is 3. The van der Waals surface area contributed by atoms with Gasteiger partial charge in [-0.3, -0.25) is 14.7 Å². The van der Waals surface area contributed by atoms with Crippen LogP contribution in [0.1, 0.15) is 31.7 Å². The van der Waals surface area contributed by atoms with E-state index in [0.29, 0.717) is 29.6 Å². The first-order valence-electron chi connectivity index (χ1n) is 9.02. The van der Waals surface area contributed by atoms with Gasteiger partial charge in [0.25, 0.3) is 0 Å². The Hall–Kier alpha value is -2.94. The molecule has 3 heterocycles. The summed E-state index contributed by atoms with van der Waals surface area (Å²) in [6, 6.07) is 4.83. The van der Waals surface area contributed by atoms with Crippen LogP contribution in [-0.4, -0.2) is 33.0 Å². The molecular formula is C19H23N5O3S. The zero-order chi connectivity index (χ0) is 20.1. The SMILES string of the molecule is Cc1oc(-c2cccs2)nc1CC(=O)NC(CC(C)C)C(=O)Nc1ccn[nH]1. The normalized spacial score (nSPS) is 12.1. The minimum absolute atomic E-state index is 0.0483. The highest BCUT2D eigenvalue weighted by Crippen LogP contribution is 2.26. The molecule has 3 rings (SSSR count). The number of aromatic amines is 1. The van der Waals surface area contributed by atoms with Gasteiger partial charge in [0, 0.05) is 6.07 Å². The summed E-state index contributed by atoms with van der Waals surface area (Å²) in [5, 5.41) is 14.0. The number of nitrogens with zero attached hydrogens (tertiary/aromatic N) is 2. The molecule has 0 radical (unpaired) electrons. The Morgan fingerprint density at radius 3 is 2.79 bits per heavy atom. The lowest BCUT2D eigenvalue weighted by Gasteiger charge is -2.19. The van der Waals surface area contributed by atoms with E-state index in [2.05, 4.69) is 25.8 Å². The van der Waals surface area contributed by atoms with Gasteiger partial charge in [-0.15, -0.1) is 11.3 Å². The molecule has 8 nitrogen and oxygen atoms in total. The average molecular weight is 401 g/mol. The van der Waals surface area contributed by atoms with E-state index in [1.54, 1.807) is 19.2 Å². The molecule has 0 bridgehead atoms. The van der Waals surface area contributed by atoms with E-state index in [4.69, 9.17) is 4.42 Å². The monoisotopic (exact) mass is 401 g/mol.